The molecule has 5 rings (SSSR count). The SMILES string of the molecule is N#Cc1ccc2[nH]cc(CCCCN3CCN(c4ccc5oc(C(N)=O)cc5c4)CC3)c2c1.O. The van der Waals surface area contributed by atoms with Crippen LogP contribution in [-0.2, 0) is 6.42 Å². The minimum absolute atomic E-state index is 0. The molecule has 1 amide bonds. The van der Waals surface area contributed by atoms with Gasteiger partial charge in [-0.25, -0.2) is 0 Å². The van der Waals surface area contributed by atoms with E-state index in [9.17, 15) is 4.79 Å². The van der Waals surface area contributed by atoms with Crippen molar-refractivity contribution >= 4 is 33.5 Å². The molecule has 34 heavy (non-hydrogen) atoms. The van der Waals surface area contributed by atoms with E-state index < -0.39 is 5.91 Å². The minimum Gasteiger partial charge on any atom is -0.451 e. The van der Waals surface area contributed by atoms with Gasteiger partial charge in [0.1, 0.15) is 5.58 Å². The summed E-state index contributed by atoms with van der Waals surface area (Å²) in [6.45, 7) is 5.13. The number of furan rings is 1. The van der Waals surface area contributed by atoms with Crippen LogP contribution in [0.15, 0.2) is 53.1 Å². The van der Waals surface area contributed by atoms with Crippen molar-refractivity contribution in [3.63, 3.8) is 0 Å². The molecule has 0 bridgehead atoms. The molecule has 0 saturated carbocycles. The first-order chi connectivity index (χ1) is 16.1. The van der Waals surface area contributed by atoms with E-state index in [1.807, 2.05) is 30.3 Å². The van der Waals surface area contributed by atoms with Crippen LogP contribution in [0.2, 0.25) is 0 Å². The van der Waals surface area contributed by atoms with Crippen LogP contribution in [-0.4, -0.2) is 54.0 Å². The molecular formula is C26H29N5O3. The highest BCUT2D eigenvalue weighted by Crippen LogP contribution is 2.26. The number of anilines is 1. The molecule has 2 aromatic heterocycles. The molecule has 2 aromatic carbocycles. The molecule has 8 nitrogen and oxygen atoms in total. The van der Waals surface area contributed by atoms with Gasteiger partial charge in [0, 0.05) is 54.4 Å². The Balaban J connectivity index is 0.00000274. The zero-order valence-electron chi connectivity index (χ0n) is 19.0. The Morgan fingerprint density at radius 2 is 1.91 bits per heavy atom. The lowest BCUT2D eigenvalue weighted by Crippen LogP contribution is -2.46. The van der Waals surface area contributed by atoms with Gasteiger partial charge in [-0.3, -0.25) is 9.69 Å². The number of fused-ring (bicyclic) bond motifs is 2. The lowest BCUT2D eigenvalue weighted by molar-refractivity contribution is 0.0976. The highest BCUT2D eigenvalue weighted by atomic mass is 16.3. The number of piperazine rings is 1. The van der Waals surface area contributed by atoms with E-state index in [0.717, 1.165) is 68.6 Å². The maximum absolute atomic E-state index is 11.4. The van der Waals surface area contributed by atoms with Crippen LogP contribution >= 0.6 is 0 Å². The maximum atomic E-state index is 11.4. The summed E-state index contributed by atoms with van der Waals surface area (Å²) in [7, 11) is 0. The normalized spacial score (nSPS) is 14.3. The Morgan fingerprint density at radius 1 is 1.09 bits per heavy atom. The van der Waals surface area contributed by atoms with Crippen molar-refractivity contribution in [1.29, 1.82) is 5.26 Å². The van der Waals surface area contributed by atoms with Gasteiger partial charge in [-0.05, 0) is 73.8 Å². The maximum Gasteiger partial charge on any atom is 0.284 e. The van der Waals surface area contributed by atoms with E-state index >= 15 is 0 Å². The molecule has 0 unspecified atom stereocenters. The van der Waals surface area contributed by atoms with Crippen LogP contribution in [0.1, 0.15) is 34.5 Å². The molecule has 1 saturated heterocycles. The summed E-state index contributed by atoms with van der Waals surface area (Å²) in [6, 6.07) is 15.8. The Hall–Kier alpha value is -3.80. The van der Waals surface area contributed by atoms with E-state index in [4.69, 9.17) is 15.4 Å². The van der Waals surface area contributed by atoms with Crippen molar-refractivity contribution in [2.24, 2.45) is 5.73 Å². The summed E-state index contributed by atoms with van der Waals surface area (Å²) in [5.41, 5.74) is 10.3. The van der Waals surface area contributed by atoms with Gasteiger partial charge in [0.15, 0.2) is 5.76 Å². The van der Waals surface area contributed by atoms with Gasteiger partial charge in [-0.2, -0.15) is 5.26 Å². The molecule has 1 aliphatic heterocycles. The number of hydrogen-bond acceptors (Lipinski definition) is 5. The van der Waals surface area contributed by atoms with Crippen LogP contribution < -0.4 is 10.6 Å². The molecule has 1 aliphatic rings. The standard InChI is InChI=1S/C26H27N5O2.H2O/c27-16-18-4-6-23-22(13-18)19(17-29-23)3-1-2-8-30-9-11-31(12-10-30)21-5-7-24-20(14-21)15-25(33-24)26(28)32;/h4-7,13-15,17,29H,1-3,8-12H2,(H2,28,32);1H2. The largest absolute Gasteiger partial charge is 0.451 e. The minimum atomic E-state index is -0.544. The summed E-state index contributed by atoms with van der Waals surface area (Å²) >= 11 is 0. The van der Waals surface area contributed by atoms with Crippen LogP contribution in [0.3, 0.4) is 0 Å². The lowest BCUT2D eigenvalue weighted by Gasteiger charge is -2.36. The number of nitrogens with one attached hydrogen (secondary N) is 1. The molecule has 5 N–H and O–H groups in total. The van der Waals surface area contributed by atoms with E-state index in [1.54, 1.807) is 6.07 Å². The van der Waals surface area contributed by atoms with Crippen molar-refractivity contribution in [3.8, 4) is 6.07 Å². The van der Waals surface area contributed by atoms with Crippen LogP contribution in [0.25, 0.3) is 21.9 Å². The van der Waals surface area contributed by atoms with Crippen molar-refractivity contribution < 1.29 is 14.7 Å². The summed E-state index contributed by atoms with van der Waals surface area (Å²) in [4.78, 5) is 19.6. The van der Waals surface area contributed by atoms with E-state index in [2.05, 4.69) is 33.1 Å². The van der Waals surface area contributed by atoms with Gasteiger partial charge in [-0.1, -0.05) is 0 Å². The number of primary amides is 1. The van der Waals surface area contributed by atoms with Gasteiger partial charge in [0.2, 0.25) is 0 Å². The fourth-order valence-corrected chi connectivity index (χ4v) is 4.68. The Kier molecular flexibility index (Phi) is 6.87. The second-order valence-corrected chi connectivity index (χ2v) is 8.67. The molecular weight excluding hydrogens is 430 g/mol. The average Bonchev–Trinajstić information content (AvgIpc) is 3.45. The average molecular weight is 460 g/mol. The fraction of sp³-hybridized carbons (Fsp3) is 0.308. The number of nitrogens with two attached hydrogens (primary N) is 1. The molecule has 0 atom stereocenters. The van der Waals surface area contributed by atoms with Crippen molar-refractivity contribution in [2.45, 2.75) is 19.3 Å². The molecule has 0 radical (unpaired) electrons. The number of aromatic nitrogens is 1. The molecule has 0 aliphatic carbocycles. The number of amides is 1. The van der Waals surface area contributed by atoms with E-state index in [0.29, 0.717) is 11.1 Å². The topological polar surface area (TPSA) is 134 Å². The number of aromatic amines is 1. The van der Waals surface area contributed by atoms with Gasteiger partial charge in [0.05, 0.1) is 11.6 Å². The third-order valence-electron chi connectivity index (χ3n) is 6.55. The number of carbonyl (C=O) groups is 1. The summed E-state index contributed by atoms with van der Waals surface area (Å²) < 4.78 is 5.49. The molecule has 8 heteroatoms. The second-order valence-electron chi connectivity index (χ2n) is 8.67. The predicted octanol–water partition coefficient (Wildman–Crippen LogP) is 3.20. The van der Waals surface area contributed by atoms with Gasteiger partial charge < -0.3 is 25.5 Å². The number of benzene rings is 2. The Bertz CT molecular complexity index is 1340. The third-order valence-corrected chi connectivity index (χ3v) is 6.55. The van der Waals surface area contributed by atoms with Crippen molar-refractivity contribution in [1.82, 2.24) is 9.88 Å². The van der Waals surface area contributed by atoms with Gasteiger partial charge in [-0.15, -0.1) is 0 Å². The summed E-state index contributed by atoms with van der Waals surface area (Å²) in [5, 5.41) is 11.2. The Morgan fingerprint density at radius 3 is 2.68 bits per heavy atom. The summed E-state index contributed by atoms with van der Waals surface area (Å²) in [5.74, 6) is -0.344. The molecule has 176 valence electrons. The highest BCUT2D eigenvalue weighted by molar-refractivity contribution is 5.95. The number of nitriles is 1. The predicted molar refractivity (Wildman–Crippen MR) is 133 cm³/mol. The number of hydrogen-bond donors (Lipinski definition) is 2. The number of carbonyl (C=O) groups excluding carboxylic acids is 1. The summed E-state index contributed by atoms with van der Waals surface area (Å²) in [6.07, 6.45) is 5.38. The van der Waals surface area contributed by atoms with Gasteiger partial charge in [0.25, 0.3) is 5.91 Å². The Labute approximate surface area is 197 Å². The fourth-order valence-electron chi connectivity index (χ4n) is 4.68. The zero-order chi connectivity index (χ0) is 22.8. The second kappa shape index (κ2) is 10.00. The van der Waals surface area contributed by atoms with Crippen LogP contribution in [0.5, 0.6) is 0 Å². The van der Waals surface area contributed by atoms with Crippen LogP contribution in [0.4, 0.5) is 5.69 Å². The number of nitrogens with zero attached hydrogens (tertiary/aromatic N) is 3. The smallest absolute Gasteiger partial charge is 0.284 e. The third kappa shape index (κ3) is 4.76. The lowest BCUT2D eigenvalue weighted by atomic mass is 10.1. The number of rotatable bonds is 7. The van der Waals surface area contributed by atoms with Crippen molar-refractivity contribution in [3.05, 3.63) is 65.5 Å². The van der Waals surface area contributed by atoms with Gasteiger partial charge >= 0.3 is 0 Å². The molecule has 0 spiro atoms. The number of unbranched alkanes of at least 4 members (excludes halogenated alkanes) is 1. The number of H-pyrrole nitrogens is 1. The first kappa shape index (κ1) is 23.4. The highest BCUT2D eigenvalue weighted by Gasteiger charge is 2.18. The monoisotopic (exact) mass is 459 g/mol. The molecule has 1 fully saturated rings. The van der Waals surface area contributed by atoms with Crippen molar-refractivity contribution in [2.75, 3.05) is 37.6 Å². The van der Waals surface area contributed by atoms with Crippen LogP contribution in [0, 0.1) is 11.3 Å². The van der Waals surface area contributed by atoms with E-state index in [-0.39, 0.29) is 11.2 Å². The first-order valence-corrected chi connectivity index (χ1v) is 11.4. The van der Waals surface area contributed by atoms with E-state index in [1.165, 1.54) is 10.9 Å². The first-order valence-electron chi connectivity index (χ1n) is 11.4. The zero-order valence-corrected chi connectivity index (χ0v) is 19.0. The molecule has 3 heterocycles. The number of aryl methyl sites for hydroxylation is 1. The molecule has 4 aromatic rings. The quantitative estimate of drug-likeness (QED) is 0.409.